The number of urea groups is 1. The Bertz CT molecular complexity index is 1830. The summed E-state index contributed by atoms with van der Waals surface area (Å²) in [5.41, 5.74) is 5.27. The number of nitrogens with zero attached hydrogens (tertiary/aromatic N) is 3. The van der Waals surface area contributed by atoms with E-state index in [-0.39, 0.29) is 5.57 Å². The maximum Gasteiger partial charge on any atom is 0.343 e. The molecule has 0 atom stereocenters. The Balaban J connectivity index is 1.48. The molecule has 0 unspecified atom stereocenters. The Morgan fingerprint density at radius 2 is 1.15 bits per heavy atom. The molecular formula is C34H27N3O3. The van der Waals surface area contributed by atoms with Crippen molar-refractivity contribution >= 4 is 46.1 Å². The van der Waals surface area contributed by atoms with Gasteiger partial charge in [0.1, 0.15) is 5.57 Å². The van der Waals surface area contributed by atoms with Crippen molar-refractivity contribution in [2.45, 2.75) is 20.8 Å². The number of barbiturate groups is 1. The van der Waals surface area contributed by atoms with E-state index in [2.05, 4.69) is 34.9 Å². The summed E-state index contributed by atoms with van der Waals surface area (Å²) >= 11 is 0. The number of imide groups is 2. The molecule has 0 N–H and O–H groups in total. The number of amides is 4. The van der Waals surface area contributed by atoms with Gasteiger partial charge in [-0.05, 0) is 85.6 Å². The zero-order valence-corrected chi connectivity index (χ0v) is 22.5. The predicted molar refractivity (Wildman–Crippen MR) is 159 cm³/mol. The van der Waals surface area contributed by atoms with Crippen LogP contribution in [0, 0.1) is 20.8 Å². The number of para-hydroxylation sites is 1. The van der Waals surface area contributed by atoms with E-state index in [0.717, 1.165) is 48.8 Å². The average Bonchev–Trinajstić information content (AvgIpc) is 3.24. The summed E-state index contributed by atoms with van der Waals surface area (Å²) in [7, 11) is 0. The Kier molecular flexibility index (Phi) is 6.15. The fraction of sp³-hybridized carbons (Fsp3) is 0.0882. The maximum absolute atomic E-state index is 13.8. The topological polar surface area (TPSA) is 62.6 Å². The van der Waals surface area contributed by atoms with Crippen LogP contribution in [-0.4, -0.2) is 22.4 Å². The average molecular weight is 526 g/mol. The first kappa shape index (κ1) is 25.1. The van der Waals surface area contributed by atoms with Crippen LogP contribution >= 0.6 is 0 Å². The molecule has 6 nitrogen and oxygen atoms in total. The number of hydrogen-bond acceptors (Lipinski definition) is 3. The fourth-order valence-electron chi connectivity index (χ4n) is 5.26. The molecule has 6 heteroatoms. The molecule has 4 aromatic carbocycles. The zero-order valence-electron chi connectivity index (χ0n) is 22.5. The molecule has 40 heavy (non-hydrogen) atoms. The van der Waals surface area contributed by atoms with Gasteiger partial charge in [0.15, 0.2) is 0 Å². The molecule has 1 aliphatic heterocycles. The minimum Gasteiger partial charge on any atom is -0.318 e. The number of aryl methyl sites for hydroxylation is 2. The first-order valence-corrected chi connectivity index (χ1v) is 13.1. The van der Waals surface area contributed by atoms with Crippen molar-refractivity contribution in [3.8, 4) is 5.69 Å². The fourth-order valence-corrected chi connectivity index (χ4v) is 5.26. The van der Waals surface area contributed by atoms with Crippen LogP contribution in [0.5, 0.6) is 0 Å². The zero-order chi connectivity index (χ0) is 28.0. The number of benzene rings is 4. The highest BCUT2D eigenvalue weighted by molar-refractivity contribution is 6.46. The Hall–Kier alpha value is -5.23. The molecule has 2 heterocycles. The lowest BCUT2D eigenvalue weighted by Crippen LogP contribution is -2.57. The highest BCUT2D eigenvalue weighted by Crippen LogP contribution is 2.31. The smallest absolute Gasteiger partial charge is 0.318 e. The monoisotopic (exact) mass is 525 g/mol. The normalized spacial score (nSPS) is 15.0. The molecule has 4 amide bonds. The van der Waals surface area contributed by atoms with Crippen molar-refractivity contribution in [2.75, 3.05) is 9.80 Å². The molecule has 1 aliphatic rings. The van der Waals surface area contributed by atoms with Gasteiger partial charge in [0.25, 0.3) is 11.8 Å². The molecule has 0 aliphatic carbocycles. The molecular weight excluding hydrogens is 498 g/mol. The van der Waals surface area contributed by atoms with E-state index in [4.69, 9.17) is 0 Å². The molecule has 0 saturated carbocycles. The third-order valence-corrected chi connectivity index (χ3v) is 7.32. The quantitative estimate of drug-likeness (QED) is 0.185. The van der Waals surface area contributed by atoms with Gasteiger partial charge in [0.2, 0.25) is 0 Å². The molecule has 0 bridgehead atoms. The number of fused-ring (bicyclic) bond motifs is 1. The second-order valence-corrected chi connectivity index (χ2v) is 9.99. The second-order valence-electron chi connectivity index (χ2n) is 9.99. The van der Waals surface area contributed by atoms with Gasteiger partial charge in [-0.1, -0.05) is 66.2 Å². The van der Waals surface area contributed by atoms with E-state index in [9.17, 15) is 14.4 Å². The van der Waals surface area contributed by atoms with Crippen molar-refractivity contribution in [1.29, 1.82) is 0 Å². The van der Waals surface area contributed by atoms with Gasteiger partial charge in [-0.3, -0.25) is 9.59 Å². The first-order valence-electron chi connectivity index (χ1n) is 13.1. The van der Waals surface area contributed by atoms with E-state index in [1.54, 1.807) is 42.5 Å². The lowest BCUT2D eigenvalue weighted by atomic mass is 10.0. The van der Waals surface area contributed by atoms with E-state index in [1.807, 2.05) is 57.2 Å². The summed E-state index contributed by atoms with van der Waals surface area (Å²) in [6.07, 6.45) is 1.61. The predicted octanol–water partition coefficient (Wildman–Crippen LogP) is 7.14. The SMILES string of the molecule is Cc1ccc(N2C(=O)/C(=C/c3cc(C)n(-c4ccc5ccccc5c4)c3C)C(=O)N(c3ccccc3)C2=O)cc1. The molecule has 1 saturated heterocycles. The van der Waals surface area contributed by atoms with E-state index >= 15 is 0 Å². The van der Waals surface area contributed by atoms with Crippen molar-refractivity contribution in [2.24, 2.45) is 0 Å². The van der Waals surface area contributed by atoms with Gasteiger partial charge < -0.3 is 4.57 Å². The van der Waals surface area contributed by atoms with Crippen LogP contribution < -0.4 is 9.80 Å². The maximum atomic E-state index is 13.8. The van der Waals surface area contributed by atoms with Crippen LogP contribution in [-0.2, 0) is 9.59 Å². The highest BCUT2D eigenvalue weighted by atomic mass is 16.2. The van der Waals surface area contributed by atoms with Crippen LogP contribution in [0.25, 0.3) is 22.5 Å². The van der Waals surface area contributed by atoms with E-state index in [0.29, 0.717) is 11.4 Å². The van der Waals surface area contributed by atoms with Crippen molar-refractivity contribution in [1.82, 2.24) is 4.57 Å². The van der Waals surface area contributed by atoms with Crippen molar-refractivity contribution in [3.05, 3.63) is 131 Å². The molecule has 6 rings (SSSR count). The lowest BCUT2D eigenvalue weighted by molar-refractivity contribution is -0.121. The summed E-state index contributed by atoms with van der Waals surface area (Å²) in [5.74, 6) is -1.30. The number of aromatic nitrogens is 1. The van der Waals surface area contributed by atoms with Crippen LogP contribution in [0.15, 0.2) is 109 Å². The Morgan fingerprint density at radius 3 is 1.82 bits per heavy atom. The third-order valence-electron chi connectivity index (χ3n) is 7.32. The standard InChI is InChI=1S/C34H27N3O3/c1-22-13-16-29(17-14-22)37-33(39)31(32(38)36(34(37)40)28-11-5-4-6-12-28)21-27-19-23(2)35(24(27)3)30-18-15-25-9-7-8-10-26(25)20-30/h4-21H,1-3H3/b31-21+. The van der Waals surface area contributed by atoms with Crippen molar-refractivity contribution in [3.63, 3.8) is 0 Å². The molecule has 196 valence electrons. The molecule has 5 aromatic rings. The summed E-state index contributed by atoms with van der Waals surface area (Å²) < 4.78 is 2.11. The second kappa shape index (κ2) is 9.82. The molecule has 0 spiro atoms. The number of rotatable bonds is 4. The third kappa shape index (κ3) is 4.20. The minimum atomic E-state index is -0.705. The Labute approximate surface area is 232 Å². The number of hydrogen-bond donors (Lipinski definition) is 0. The van der Waals surface area contributed by atoms with Gasteiger partial charge in [-0.15, -0.1) is 0 Å². The van der Waals surface area contributed by atoms with Gasteiger partial charge in [-0.2, -0.15) is 0 Å². The van der Waals surface area contributed by atoms with Gasteiger partial charge in [0, 0.05) is 17.1 Å². The van der Waals surface area contributed by atoms with Crippen molar-refractivity contribution < 1.29 is 14.4 Å². The number of carbonyl (C=O) groups excluding carboxylic acids is 3. The van der Waals surface area contributed by atoms with Crippen LogP contribution in [0.2, 0.25) is 0 Å². The van der Waals surface area contributed by atoms with Gasteiger partial charge >= 0.3 is 6.03 Å². The number of anilines is 2. The minimum absolute atomic E-state index is 0.0808. The highest BCUT2D eigenvalue weighted by Gasteiger charge is 2.43. The van der Waals surface area contributed by atoms with Gasteiger partial charge in [-0.25, -0.2) is 14.6 Å². The molecule has 1 aromatic heterocycles. The summed E-state index contributed by atoms with van der Waals surface area (Å²) in [6, 6.07) is 31.5. The summed E-state index contributed by atoms with van der Waals surface area (Å²) in [5, 5.41) is 2.27. The van der Waals surface area contributed by atoms with Crippen LogP contribution in [0.1, 0.15) is 22.5 Å². The first-order chi connectivity index (χ1) is 19.3. The largest absolute Gasteiger partial charge is 0.343 e. The summed E-state index contributed by atoms with van der Waals surface area (Å²) in [6.45, 7) is 5.89. The van der Waals surface area contributed by atoms with Gasteiger partial charge in [0.05, 0.1) is 11.4 Å². The number of carbonyl (C=O) groups is 3. The molecule has 0 radical (unpaired) electrons. The van der Waals surface area contributed by atoms with Crippen LogP contribution in [0.4, 0.5) is 16.2 Å². The summed E-state index contributed by atoms with van der Waals surface area (Å²) in [4.78, 5) is 43.4. The molecule has 1 fully saturated rings. The van der Waals surface area contributed by atoms with E-state index < -0.39 is 17.8 Å². The van der Waals surface area contributed by atoms with Crippen LogP contribution in [0.3, 0.4) is 0 Å². The lowest BCUT2D eigenvalue weighted by Gasteiger charge is -2.34. The Morgan fingerprint density at radius 1 is 0.575 bits per heavy atom. The van der Waals surface area contributed by atoms with E-state index in [1.165, 1.54) is 0 Å².